The molecule has 0 saturated carbocycles. The van der Waals surface area contributed by atoms with Crippen LogP contribution in [0.1, 0.15) is 25.2 Å². The second kappa shape index (κ2) is 6.41. The van der Waals surface area contributed by atoms with E-state index in [0.29, 0.717) is 10.4 Å². The zero-order chi connectivity index (χ0) is 14.9. The van der Waals surface area contributed by atoms with Crippen LogP contribution in [0.15, 0.2) is 16.6 Å². The van der Waals surface area contributed by atoms with Gasteiger partial charge < -0.3 is 9.47 Å². The van der Waals surface area contributed by atoms with Crippen molar-refractivity contribution in [1.29, 1.82) is 0 Å². The Morgan fingerprint density at radius 3 is 2.75 bits per heavy atom. The van der Waals surface area contributed by atoms with E-state index in [1.807, 2.05) is 18.7 Å². The van der Waals surface area contributed by atoms with E-state index in [1.165, 1.54) is 6.07 Å². The molecule has 3 nitrogen and oxygen atoms in total. The molecule has 2 rings (SSSR count). The number of fused-ring (bicyclic) bond motifs is 1. The van der Waals surface area contributed by atoms with E-state index in [1.54, 1.807) is 6.07 Å². The molecular weight excluding hydrogens is 345 g/mol. The van der Waals surface area contributed by atoms with Crippen molar-refractivity contribution in [1.82, 2.24) is 14.5 Å². The maximum atomic E-state index is 13.8. The summed E-state index contributed by atoms with van der Waals surface area (Å²) in [6.07, 6.45) is 0.958. The SMILES string of the molecule is CC(CCN(C)C)n1c(CCl)nc2cc(Br)c(F)cc21. The largest absolute Gasteiger partial charge is 0.324 e. The van der Waals surface area contributed by atoms with Crippen molar-refractivity contribution >= 4 is 38.6 Å². The van der Waals surface area contributed by atoms with Gasteiger partial charge in [-0.25, -0.2) is 9.37 Å². The zero-order valence-electron chi connectivity index (χ0n) is 11.8. The predicted molar refractivity (Wildman–Crippen MR) is 84.8 cm³/mol. The van der Waals surface area contributed by atoms with Gasteiger partial charge in [0.25, 0.3) is 0 Å². The first-order chi connectivity index (χ1) is 9.43. The highest BCUT2D eigenvalue weighted by atomic mass is 79.9. The van der Waals surface area contributed by atoms with Gasteiger partial charge in [0, 0.05) is 12.1 Å². The summed E-state index contributed by atoms with van der Waals surface area (Å²) in [6, 6.07) is 3.45. The Hall–Kier alpha value is -0.650. The van der Waals surface area contributed by atoms with Gasteiger partial charge in [0.2, 0.25) is 0 Å². The van der Waals surface area contributed by atoms with Crippen LogP contribution in [0.2, 0.25) is 0 Å². The molecule has 1 aromatic carbocycles. The third kappa shape index (κ3) is 3.15. The molecule has 20 heavy (non-hydrogen) atoms. The van der Waals surface area contributed by atoms with Gasteiger partial charge in [-0.1, -0.05) is 0 Å². The second-order valence-corrected chi connectivity index (χ2v) is 6.35. The predicted octanol–water partition coefficient (Wildman–Crippen LogP) is 4.19. The van der Waals surface area contributed by atoms with Crippen molar-refractivity contribution < 1.29 is 4.39 Å². The Labute approximate surface area is 131 Å². The molecule has 0 spiro atoms. The number of benzene rings is 1. The molecule has 0 amide bonds. The second-order valence-electron chi connectivity index (χ2n) is 5.23. The Morgan fingerprint density at radius 1 is 1.45 bits per heavy atom. The Bertz CT molecular complexity index is 612. The molecule has 0 bridgehead atoms. The molecule has 1 atom stereocenters. The number of halogens is 3. The fourth-order valence-corrected chi connectivity index (χ4v) is 2.82. The van der Waals surface area contributed by atoms with Crippen molar-refractivity contribution in [2.75, 3.05) is 20.6 Å². The van der Waals surface area contributed by atoms with Crippen LogP contribution in [-0.4, -0.2) is 35.1 Å². The minimum atomic E-state index is -0.278. The number of imidazole rings is 1. The van der Waals surface area contributed by atoms with Gasteiger partial charge in [0.15, 0.2) is 0 Å². The van der Waals surface area contributed by atoms with Crippen LogP contribution in [0, 0.1) is 5.82 Å². The van der Waals surface area contributed by atoms with Gasteiger partial charge >= 0.3 is 0 Å². The van der Waals surface area contributed by atoms with Crippen molar-refractivity contribution in [2.24, 2.45) is 0 Å². The highest BCUT2D eigenvalue weighted by molar-refractivity contribution is 9.10. The van der Waals surface area contributed by atoms with Gasteiger partial charge in [-0.05, 0) is 56.0 Å². The summed E-state index contributed by atoms with van der Waals surface area (Å²) in [6.45, 7) is 3.07. The minimum Gasteiger partial charge on any atom is -0.324 e. The van der Waals surface area contributed by atoms with Crippen LogP contribution in [-0.2, 0) is 5.88 Å². The van der Waals surface area contributed by atoms with Crippen LogP contribution in [0.5, 0.6) is 0 Å². The molecule has 1 aromatic heterocycles. The van der Waals surface area contributed by atoms with Crippen LogP contribution in [0.4, 0.5) is 4.39 Å². The first kappa shape index (κ1) is 15.7. The van der Waals surface area contributed by atoms with E-state index in [-0.39, 0.29) is 11.9 Å². The molecule has 1 heterocycles. The molecular formula is C14H18BrClFN3. The number of aromatic nitrogens is 2. The minimum absolute atomic E-state index is 0.219. The maximum Gasteiger partial charge on any atom is 0.139 e. The van der Waals surface area contributed by atoms with Crippen LogP contribution >= 0.6 is 27.5 Å². The van der Waals surface area contributed by atoms with E-state index < -0.39 is 0 Å². The van der Waals surface area contributed by atoms with Gasteiger partial charge in [0.05, 0.1) is 21.4 Å². The lowest BCUT2D eigenvalue weighted by Crippen LogP contribution is -2.18. The summed E-state index contributed by atoms with van der Waals surface area (Å²) in [5.74, 6) is 0.824. The highest BCUT2D eigenvalue weighted by Gasteiger charge is 2.17. The fourth-order valence-electron chi connectivity index (χ4n) is 2.30. The van der Waals surface area contributed by atoms with Crippen molar-refractivity contribution in [2.45, 2.75) is 25.3 Å². The Kier molecular flexibility index (Phi) is 5.04. The smallest absolute Gasteiger partial charge is 0.139 e. The van der Waals surface area contributed by atoms with Crippen molar-refractivity contribution in [3.63, 3.8) is 0 Å². The maximum absolute atomic E-state index is 13.8. The monoisotopic (exact) mass is 361 g/mol. The molecule has 0 aliphatic heterocycles. The molecule has 0 radical (unpaired) electrons. The summed E-state index contributed by atoms with van der Waals surface area (Å²) in [4.78, 5) is 6.63. The summed E-state index contributed by atoms with van der Waals surface area (Å²) in [7, 11) is 4.08. The third-order valence-electron chi connectivity index (χ3n) is 3.36. The van der Waals surface area contributed by atoms with Gasteiger partial charge in [-0.3, -0.25) is 0 Å². The number of hydrogen-bond donors (Lipinski definition) is 0. The topological polar surface area (TPSA) is 21.1 Å². The lowest BCUT2D eigenvalue weighted by Gasteiger charge is -2.19. The summed E-state index contributed by atoms with van der Waals surface area (Å²) < 4.78 is 16.3. The average Bonchev–Trinajstić information content (AvgIpc) is 2.74. The molecule has 110 valence electrons. The number of hydrogen-bond acceptors (Lipinski definition) is 2. The first-order valence-electron chi connectivity index (χ1n) is 6.50. The van der Waals surface area contributed by atoms with Crippen LogP contribution < -0.4 is 0 Å². The summed E-state index contributed by atoms with van der Waals surface area (Å²) in [5.41, 5.74) is 1.57. The zero-order valence-corrected chi connectivity index (χ0v) is 14.2. The number of rotatable bonds is 5. The molecule has 2 aromatic rings. The Morgan fingerprint density at radius 2 is 2.15 bits per heavy atom. The molecule has 0 aliphatic rings. The van der Waals surface area contributed by atoms with Crippen molar-refractivity contribution in [3.8, 4) is 0 Å². The Balaban J connectivity index is 2.46. The molecule has 6 heteroatoms. The first-order valence-corrected chi connectivity index (χ1v) is 7.83. The van der Waals surface area contributed by atoms with E-state index >= 15 is 0 Å². The molecule has 0 N–H and O–H groups in total. The average molecular weight is 363 g/mol. The molecule has 0 fully saturated rings. The summed E-state index contributed by atoms with van der Waals surface area (Å²) in [5, 5.41) is 0. The number of alkyl halides is 1. The van der Waals surface area contributed by atoms with Crippen LogP contribution in [0.3, 0.4) is 0 Å². The molecule has 0 aliphatic carbocycles. The van der Waals surface area contributed by atoms with Gasteiger partial charge in [-0.15, -0.1) is 11.6 Å². The normalized spacial score (nSPS) is 13.3. The lowest BCUT2D eigenvalue weighted by atomic mass is 10.2. The van der Waals surface area contributed by atoms with E-state index in [4.69, 9.17) is 11.6 Å². The lowest BCUT2D eigenvalue weighted by molar-refractivity contribution is 0.358. The van der Waals surface area contributed by atoms with Gasteiger partial charge in [-0.2, -0.15) is 0 Å². The van der Waals surface area contributed by atoms with Gasteiger partial charge in [0.1, 0.15) is 11.6 Å². The van der Waals surface area contributed by atoms with Crippen LogP contribution in [0.25, 0.3) is 11.0 Å². The van der Waals surface area contributed by atoms with Crippen molar-refractivity contribution in [3.05, 3.63) is 28.2 Å². The third-order valence-corrected chi connectivity index (χ3v) is 4.21. The number of nitrogens with zero attached hydrogens (tertiary/aromatic N) is 3. The fraction of sp³-hybridized carbons (Fsp3) is 0.500. The molecule has 1 unspecified atom stereocenters. The quantitative estimate of drug-likeness (QED) is 0.744. The van der Waals surface area contributed by atoms with E-state index in [0.717, 1.165) is 29.8 Å². The van der Waals surface area contributed by atoms with E-state index in [2.05, 4.69) is 32.7 Å². The highest BCUT2D eigenvalue weighted by Crippen LogP contribution is 2.28. The standard InChI is InChI=1S/C14H18BrClFN3/c1-9(4-5-19(2)3)20-13-7-11(17)10(15)6-12(13)18-14(20)8-16/h6-7,9H,4-5,8H2,1-3H3. The summed E-state index contributed by atoms with van der Waals surface area (Å²) >= 11 is 9.19. The molecule has 0 saturated heterocycles. The van der Waals surface area contributed by atoms with E-state index in [9.17, 15) is 4.39 Å².